The van der Waals surface area contributed by atoms with Crippen molar-refractivity contribution in [3.05, 3.63) is 77.6 Å². The number of hydrogen-bond donors (Lipinski definition) is 1. The monoisotopic (exact) mass is 382 g/mol. The van der Waals surface area contributed by atoms with Crippen LogP contribution >= 0.6 is 0 Å². The highest BCUT2D eigenvalue weighted by Gasteiger charge is 2.10. The molecule has 3 aromatic rings. The number of hydrogen-bond acceptors (Lipinski definition) is 5. The van der Waals surface area contributed by atoms with Crippen LogP contribution in [0.4, 0.5) is 4.39 Å². The van der Waals surface area contributed by atoms with Crippen LogP contribution in [0, 0.1) is 5.82 Å². The number of ether oxygens (including phenoxy) is 1. The maximum Gasteiger partial charge on any atom is 0.337 e. The molecular weight excluding hydrogens is 363 g/mol. The molecular formula is C21H19FN2O4. The smallest absolute Gasteiger partial charge is 0.337 e. The number of nitrogens with zero attached hydrogens (tertiary/aromatic N) is 1. The minimum Gasteiger partial charge on any atom is -0.465 e. The predicted octanol–water partition coefficient (Wildman–Crippen LogP) is 3.52. The van der Waals surface area contributed by atoms with E-state index in [1.807, 2.05) is 0 Å². The second kappa shape index (κ2) is 8.94. The molecule has 3 rings (SSSR count). The molecule has 1 aromatic heterocycles. The van der Waals surface area contributed by atoms with Gasteiger partial charge in [-0.1, -0.05) is 12.1 Å². The van der Waals surface area contributed by atoms with Gasteiger partial charge >= 0.3 is 5.97 Å². The standard InChI is InChI=1S/C21H19FN2O4/c1-27-21(26)16-4-2-14(3-5-16)12-23-19(25)10-11-20-24-13-18(28-20)15-6-8-17(22)9-7-15/h2-9,13H,10-12H2,1H3,(H,23,25). The van der Waals surface area contributed by atoms with Gasteiger partial charge < -0.3 is 14.5 Å². The normalized spacial score (nSPS) is 10.5. The second-order valence-corrected chi connectivity index (χ2v) is 6.09. The molecule has 0 atom stereocenters. The summed E-state index contributed by atoms with van der Waals surface area (Å²) >= 11 is 0. The van der Waals surface area contributed by atoms with Crippen molar-refractivity contribution in [1.29, 1.82) is 0 Å². The number of carbonyl (C=O) groups is 2. The second-order valence-electron chi connectivity index (χ2n) is 6.09. The van der Waals surface area contributed by atoms with Crippen LogP contribution in [-0.2, 0) is 22.5 Å². The molecule has 0 saturated carbocycles. The van der Waals surface area contributed by atoms with Crippen molar-refractivity contribution in [3.8, 4) is 11.3 Å². The average molecular weight is 382 g/mol. The number of rotatable bonds is 7. The zero-order valence-corrected chi connectivity index (χ0v) is 15.3. The van der Waals surface area contributed by atoms with Crippen LogP contribution < -0.4 is 5.32 Å². The predicted molar refractivity (Wildman–Crippen MR) is 99.8 cm³/mol. The first-order valence-corrected chi connectivity index (χ1v) is 8.70. The Hall–Kier alpha value is -3.48. The van der Waals surface area contributed by atoms with Crippen LogP contribution in [0.15, 0.2) is 59.1 Å². The third-order valence-electron chi connectivity index (χ3n) is 4.11. The Morgan fingerprint density at radius 3 is 2.50 bits per heavy atom. The first-order chi connectivity index (χ1) is 13.5. The summed E-state index contributed by atoms with van der Waals surface area (Å²) in [5.74, 6) is 0.109. The van der Waals surface area contributed by atoms with Gasteiger partial charge in [0.2, 0.25) is 5.91 Å². The zero-order valence-electron chi connectivity index (χ0n) is 15.3. The van der Waals surface area contributed by atoms with Crippen LogP contribution in [0.3, 0.4) is 0 Å². The SMILES string of the molecule is COC(=O)c1ccc(CNC(=O)CCc2ncc(-c3ccc(F)cc3)o2)cc1. The van der Waals surface area contributed by atoms with E-state index in [9.17, 15) is 14.0 Å². The summed E-state index contributed by atoms with van der Waals surface area (Å²) in [4.78, 5) is 27.6. The Morgan fingerprint density at radius 2 is 1.82 bits per heavy atom. The van der Waals surface area contributed by atoms with Crippen LogP contribution in [0.5, 0.6) is 0 Å². The van der Waals surface area contributed by atoms with Crippen LogP contribution in [0.2, 0.25) is 0 Å². The van der Waals surface area contributed by atoms with Gasteiger partial charge in [-0.2, -0.15) is 0 Å². The molecule has 0 aliphatic carbocycles. The van der Waals surface area contributed by atoms with Gasteiger partial charge in [0.15, 0.2) is 11.7 Å². The molecule has 1 N–H and O–H groups in total. The van der Waals surface area contributed by atoms with Gasteiger partial charge in [-0.15, -0.1) is 0 Å². The number of aromatic nitrogens is 1. The van der Waals surface area contributed by atoms with Gasteiger partial charge in [0.1, 0.15) is 5.82 Å². The molecule has 0 saturated heterocycles. The van der Waals surface area contributed by atoms with Crippen LogP contribution in [0.25, 0.3) is 11.3 Å². The maximum absolute atomic E-state index is 13.0. The number of esters is 1. The lowest BCUT2D eigenvalue weighted by Crippen LogP contribution is -2.23. The third-order valence-corrected chi connectivity index (χ3v) is 4.11. The molecule has 0 aliphatic rings. The van der Waals surface area contributed by atoms with Crippen molar-refractivity contribution >= 4 is 11.9 Å². The van der Waals surface area contributed by atoms with Gasteiger partial charge in [0.25, 0.3) is 0 Å². The summed E-state index contributed by atoms with van der Waals surface area (Å²) in [6.07, 6.45) is 2.14. The Balaban J connectivity index is 1.47. The van der Waals surface area contributed by atoms with Crippen molar-refractivity contribution in [3.63, 3.8) is 0 Å². The number of halogens is 1. The van der Waals surface area contributed by atoms with Gasteiger partial charge in [0.05, 0.1) is 18.9 Å². The highest BCUT2D eigenvalue weighted by Crippen LogP contribution is 2.21. The van der Waals surface area contributed by atoms with Crippen molar-refractivity contribution in [2.24, 2.45) is 0 Å². The van der Waals surface area contributed by atoms with Crippen molar-refractivity contribution < 1.29 is 23.1 Å². The van der Waals surface area contributed by atoms with E-state index in [0.29, 0.717) is 30.2 Å². The fourth-order valence-corrected chi connectivity index (χ4v) is 2.56. The molecule has 0 unspecified atom stereocenters. The summed E-state index contributed by atoms with van der Waals surface area (Å²) in [6, 6.07) is 12.7. The molecule has 1 heterocycles. The lowest BCUT2D eigenvalue weighted by Gasteiger charge is -2.05. The Bertz CT molecular complexity index is 949. The van der Waals surface area contributed by atoms with Gasteiger partial charge in [-0.05, 0) is 42.0 Å². The minimum absolute atomic E-state index is 0.140. The number of carbonyl (C=O) groups excluding carboxylic acids is 2. The molecule has 0 fully saturated rings. The van der Waals surface area contributed by atoms with Crippen molar-refractivity contribution in [2.45, 2.75) is 19.4 Å². The zero-order chi connectivity index (χ0) is 19.9. The Labute approximate surface area is 161 Å². The first kappa shape index (κ1) is 19.3. The van der Waals surface area contributed by atoms with E-state index in [-0.39, 0.29) is 18.1 Å². The number of benzene rings is 2. The fraction of sp³-hybridized carbons (Fsp3) is 0.190. The average Bonchev–Trinajstić information content (AvgIpc) is 3.20. The highest BCUT2D eigenvalue weighted by molar-refractivity contribution is 5.89. The van der Waals surface area contributed by atoms with Gasteiger partial charge in [0, 0.05) is 24.9 Å². The lowest BCUT2D eigenvalue weighted by atomic mass is 10.1. The molecule has 1 amide bonds. The minimum atomic E-state index is -0.401. The maximum atomic E-state index is 13.0. The van der Waals surface area contributed by atoms with E-state index in [4.69, 9.17) is 4.42 Å². The summed E-state index contributed by atoms with van der Waals surface area (Å²) < 4.78 is 23.2. The molecule has 0 radical (unpaired) electrons. The van der Waals surface area contributed by atoms with E-state index in [0.717, 1.165) is 11.1 Å². The van der Waals surface area contributed by atoms with Crippen LogP contribution in [-0.4, -0.2) is 24.0 Å². The van der Waals surface area contributed by atoms with Gasteiger partial charge in [-0.25, -0.2) is 14.2 Å². The van der Waals surface area contributed by atoms with Crippen molar-refractivity contribution in [1.82, 2.24) is 10.3 Å². The van der Waals surface area contributed by atoms with Crippen LogP contribution in [0.1, 0.15) is 28.2 Å². The number of oxazole rings is 1. The topological polar surface area (TPSA) is 81.4 Å². The Kier molecular flexibility index (Phi) is 6.16. The van der Waals surface area contributed by atoms with E-state index in [2.05, 4.69) is 15.0 Å². The molecule has 0 aliphatic heterocycles. The number of nitrogens with one attached hydrogen (secondary N) is 1. The molecule has 2 aromatic carbocycles. The third kappa shape index (κ3) is 5.03. The quantitative estimate of drug-likeness (QED) is 0.633. The summed E-state index contributed by atoms with van der Waals surface area (Å²) in [5, 5.41) is 2.81. The molecule has 144 valence electrons. The number of methoxy groups -OCH3 is 1. The number of amides is 1. The molecule has 0 bridgehead atoms. The summed E-state index contributed by atoms with van der Waals surface area (Å²) in [6.45, 7) is 0.354. The van der Waals surface area contributed by atoms with Crippen molar-refractivity contribution in [2.75, 3.05) is 7.11 Å². The fourth-order valence-electron chi connectivity index (χ4n) is 2.56. The summed E-state index contributed by atoms with van der Waals surface area (Å²) in [7, 11) is 1.33. The first-order valence-electron chi connectivity index (χ1n) is 8.70. The molecule has 0 spiro atoms. The van der Waals surface area contributed by atoms with E-state index < -0.39 is 5.97 Å². The van der Waals surface area contributed by atoms with E-state index in [1.54, 1.807) is 42.6 Å². The van der Waals surface area contributed by atoms with E-state index >= 15 is 0 Å². The number of aryl methyl sites for hydroxylation is 1. The lowest BCUT2D eigenvalue weighted by molar-refractivity contribution is -0.121. The highest BCUT2D eigenvalue weighted by atomic mass is 19.1. The Morgan fingerprint density at radius 1 is 1.11 bits per heavy atom. The molecule has 6 nitrogen and oxygen atoms in total. The van der Waals surface area contributed by atoms with E-state index in [1.165, 1.54) is 19.2 Å². The molecule has 28 heavy (non-hydrogen) atoms. The largest absolute Gasteiger partial charge is 0.465 e. The summed E-state index contributed by atoms with van der Waals surface area (Å²) in [5.41, 5.74) is 2.05. The molecule has 7 heteroatoms. The van der Waals surface area contributed by atoms with Gasteiger partial charge in [-0.3, -0.25) is 4.79 Å².